The molecule has 0 aromatic carbocycles. The first kappa shape index (κ1) is 10.4. The fourth-order valence-electron chi connectivity index (χ4n) is 2.40. The van der Waals surface area contributed by atoms with Gasteiger partial charge in [-0.25, -0.2) is 4.98 Å². The molecule has 1 saturated carbocycles. The molecule has 1 aromatic heterocycles. The summed E-state index contributed by atoms with van der Waals surface area (Å²) in [6.07, 6.45) is 5.75. The molecule has 2 unspecified atom stereocenters. The molecule has 3 heteroatoms. The Labute approximate surface area is 91.1 Å². The van der Waals surface area contributed by atoms with Crippen LogP contribution in [0.25, 0.3) is 0 Å². The highest BCUT2D eigenvalue weighted by atomic mass is 15.0. The lowest BCUT2D eigenvalue weighted by molar-refractivity contribution is 0.414. The Morgan fingerprint density at radius 1 is 1.33 bits per heavy atom. The van der Waals surface area contributed by atoms with E-state index in [4.69, 9.17) is 5.73 Å². The number of pyridine rings is 1. The zero-order valence-electron chi connectivity index (χ0n) is 9.02. The van der Waals surface area contributed by atoms with E-state index in [1.165, 1.54) is 19.3 Å². The second kappa shape index (κ2) is 5.12. The maximum atomic E-state index is 5.75. The van der Waals surface area contributed by atoms with E-state index in [9.17, 15) is 0 Å². The summed E-state index contributed by atoms with van der Waals surface area (Å²) in [6.45, 7) is 1.84. The van der Waals surface area contributed by atoms with Gasteiger partial charge in [0.2, 0.25) is 0 Å². The number of nitrogens with two attached hydrogens (primary N) is 1. The molecule has 1 aliphatic carbocycles. The maximum absolute atomic E-state index is 5.75. The van der Waals surface area contributed by atoms with Crippen molar-refractivity contribution in [2.75, 3.05) is 18.4 Å². The van der Waals surface area contributed by atoms with Gasteiger partial charge in [0.1, 0.15) is 5.82 Å². The fraction of sp³-hybridized carbons (Fsp3) is 0.583. The van der Waals surface area contributed by atoms with E-state index in [1.807, 2.05) is 24.4 Å². The predicted molar refractivity (Wildman–Crippen MR) is 62.6 cm³/mol. The molecule has 0 spiro atoms. The van der Waals surface area contributed by atoms with Crippen LogP contribution < -0.4 is 11.1 Å². The Kier molecular flexibility index (Phi) is 3.56. The number of aromatic nitrogens is 1. The molecule has 1 fully saturated rings. The Balaban J connectivity index is 1.83. The fourth-order valence-corrected chi connectivity index (χ4v) is 2.40. The van der Waals surface area contributed by atoms with Crippen LogP contribution in [0.4, 0.5) is 5.82 Å². The van der Waals surface area contributed by atoms with Gasteiger partial charge in [0.05, 0.1) is 0 Å². The maximum Gasteiger partial charge on any atom is 0.125 e. The van der Waals surface area contributed by atoms with Crippen LogP contribution in [-0.4, -0.2) is 18.1 Å². The van der Waals surface area contributed by atoms with Gasteiger partial charge in [-0.1, -0.05) is 12.5 Å². The molecule has 0 bridgehead atoms. The molecule has 0 aliphatic heterocycles. The molecule has 0 radical (unpaired) electrons. The molecule has 3 nitrogen and oxygen atoms in total. The van der Waals surface area contributed by atoms with Gasteiger partial charge >= 0.3 is 0 Å². The number of anilines is 1. The molecular weight excluding hydrogens is 186 g/mol. The SMILES string of the molecule is NCC1CCCC1CNc1ccccn1. The summed E-state index contributed by atoms with van der Waals surface area (Å²) in [7, 11) is 0. The first-order chi connectivity index (χ1) is 7.40. The number of nitrogens with one attached hydrogen (secondary N) is 1. The van der Waals surface area contributed by atoms with Crippen molar-refractivity contribution in [2.45, 2.75) is 19.3 Å². The van der Waals surface area contributed by atoms with E-state index in [0.717, 1.165) is 24.8 Å². The van der Waals surface area contributed by atoms with E-state index in [0.29, 0.717) is 5.92 Å². The Bertz CT molecular complexity index is 286. The van der Waals surface area contributed by atoms with Crippen molar-refractivity contribution in [1.82, 2.24) is 4.98 Å². The van der Waals surface area contributed by atoms with Crippen molar-refractivity contribution < 1.29 is 0 Å². The molecule has 1 aliphatic rings. The molecule has 1 aromatic rings. The largest absolute Gasteiger partial charge is 0.370 e. The Hall–Kier alpha value is -1.09. The standard InChI is InChI=1S/C12H19N3/c13-8-10-4-3-5-11(10)9-15-12-6-1-2-7-14-12/h1-2,6-7,10-11H,3-5,8-9,13H2,(H,14,15). The van der Waals surface area contributed by atoms with Crippen LogP contribution in [0.15, 0.2) is 24.4 Å². The van der Waals surface area contributed by atoms with Crippen molar-refractivity contribution in [2.24, 2.45) is 17.6 Å². The minimum Gasteiger partial charge on any atom is -0.370 e. The lowest BCUT2D eigenvalue weighted by Gasteiger charge is -2.18. The molecular formula is C12H19N3. The third-order valence-corrected chi connectivity index (χ3v) is 3.33. The first-order valence-electron chi connectivity index (χ1n) is 5.75. The third-order valence-electron chi connectivity index (χ3n) is 3.33. The van der Waals surface area contributed by atoms with Gasteiger partial charge in [-0.3, -0.25) is 0 Å². The zero-order valence-corrected chi connectivity index (χ0v) is 9.02. The molecule has 0 saturated heterocycles. The van der Waals surface area contributed by atoms with Crippen molar-refractivity contribution in [3.63, 3.8) is 0 Å². The van der Waals surface area contributed by atoms with E-state index in [-0.39, 0.29) is 0 Å². The van der Waals surface area contributed by atoms with Gasteiger partial charge in [0, 0.05) is 12.7 Å². The Morgan fingerprint density at radius 2 is 2.20 bits per heavy atom. The third kappa shape index (κ3) is 2.69. The molecule has 1 heterocycles. The normalized spacial score (nSPS) is 25.4. The summed E-state index contributed by atoms with van der Waals surface area (Å²) in [5.41, 5.74) is 5.75. The molecule has 82 valence electrons. The quantitative estimate of drug-likeness (QED) is 0.789. The van der Waals surface area contributed by atoms with Gasteiger partial charge in [0.25, 0.3) is 0 Å². The van der Waals surface area contributed by atoms with Crippen LogP contribution in [0.3, 0.4) is 0 Å². The van der Waals surface area contributed by atoms with Gasteiger partial charge in [0.15, 0.2) is 0 Å². The lowest BCUT2D eigenvalue weighted by Crippen LogP contribution is -2.24. The van der Waals surface area contributed by atoms with E-state index in [2.05, 4.69) is 10.3 Å². The van der Waals surface area contributed by atoms with Crippen molar-refractivity contribution in [3.8, 4) is 0 Å². The second-order valence-electron chi connectivity index (χ2n) is 4.28. The smallest absolute Gasteiger partial charge is 0.125 e. The minimum atomic E-state index is 0.709. The van der Waals surface area contributed by atoms with Crippen molar-refractivity contribution in [1.29, 1.82) is 0 Å². The van der Waals surface area contributed by atoms with Crippen molar-refractivity contribution in [3.05, 3.63) is 24.4 Å². The summed E-state index contributed by atoms with van der Waals surface area (Å²) in [6, 6.07) is 5.94. The van der Waals surface area contributed by atoms with Gasteiger partial charge in [-0.2, -0.15) is 0 Å². The van der Waals surface area contributed by atoms with Crippen LogP contribution in [0.2, 0.25) is 0 Å². The molecule has 2 rings (SSSR count). The van der Waals surface area contributed by atoms with Crippen LogP contribution in [-0.2, 0) is 0 Å². The van der Waals surface area contributed by atoms with Gasteiger partial charge in [-0.15, -0.1) is 0 Å². The topological polar surface area (TPSA) is 50.9 Å². The summed E-state index contributed by atoms with van der Waals surface area (Å²) in [5, 5.41) is 3.38. The number of rotatable bonds is 4. The van der Waals surface area contributed by atoms with Gasteiger partial charge < -0.3 is 11.1 Å². The molecule has 3 N–H and O–H groups in total. The highest BCUT2D eigenvalue weighted by Gasteiger charge is 2.25. The van der Waals surface area contributed by atoms with Crippen molar-refractivity contribution >= 4 is 5.82 Å². The van der Waals surface area contributed by atoms with Crippen LogP contribution in [0, 0.1) is 11.8 Å². The number of hydrogen-bond acceptors (Lipinski definition) is 3. The predicted octanol–water partition coefficient (Wildman–Crippen LogP) is 1.87. The summed E-state index contributed by atoms with van der Waals surface area (Å²) in [4.78, 5) is 4.25. The second-order valence-corrected chi connectivity index (χ2v) is 4.28. The average molecular weight is 205 g/mol. The lowest BCUT2D eigenvalue weighted by atomic mass is 9.96. The number of hydrogen-bond donors (Lipinski definition) is 2. The average Bonchev–Trinajstić information content (AvgIpc) is 2.75. The molecule has 15 heavy (non-hydrogen) atoms. The van der Waals surface area contributed by atoms with Crippen LogP contribution in [0.5, 0.6) is 0 Å². The van der Waals surface area contributed by atoms with E-state index >= 15 is 0 Å². The van der Waals surface area contributed by atoms with E-state index < -0.39 is 0 Å². The monoisotopic (exact) mass is 205 g/mol. The van der Waals surface area contributed by atoms with Gasteiger partial charge in [-0.05, 0) is 43.4 Å². The van der Waals surface area contributed by atoms with Crippen LogP contribution in [0.1, 0.15) is 19.3 Å². The molecule has 2 atom stereocenters. The summed E-state index contributed by atoms with van der Waals surface area (Å²) >= 11 is 0. The summed E-state index contributed by atoms with van der Waals surface area (Å²) < 4.78 is 0. The van der Waals surface area contributed by atoms with Crippen LogP contribution >= 0.6 is 0 Å². The summed E-state index contributed by atoms with van der Waals surface area (Å²) in [5.74, 6) is 2.42. The molecule has 0 amide bonds. The highest BCUT2D eigenvalue weighted by Crippen LogP contribution is 2.30. The Morgan fingerprint density at radius 3 is 2.93 bits per heavy atom. The highest BCUT2D eigenvalue weighted by molar-refractivity contribution is 5.33. The first-order valence-corrected chi connectivity index (χ1v) is 5.75. The zero-order chi connectivity index (χ0) is 10.5. The van der Waals surface area contributed by atoms with E-state index in [1.54, 1.807) is 0 Å². The minimum absolute atomic E-state index is 0.709. The number of nitrogens with zero attached hydrogens (tertiary/aromatic N) is 1.